The summed E-state index contributed by atoms with van der Waals surface area (Å²) in [5.74, 6) is 0.706. The summed E-state index contributed by atoms with van der Waals surface area (Å²) < 4.78 is 82.6. The summed E-state index contributed by atoms with van der Waals surface area (Å²) in [7, 11) is -8.45. The van der Waals surface area contributed by atoms with Crippen molar-refractivity contribution in [1.29, 1.82) is 0 Å². The van der Waals surface area contributed by atoms with Gasteiger partial charge < -0.3 is 18.6 Å². The normalized spacial score (nSPS) is 14.0. The van der Waals surface area contributed by atoms with Gasteiger partial charge in [-0.15, -0.1) is 0 Å². The number of fused-ring (bicyclic) bond motifs is 2. The Morgan fingerprint density at radius 2 is 1.35 bits per heavy atom. The van der Waals surface area contributed by atoms with Crippen molar-refractivity contribution in [2.24, 2.45) is 0 Å². The first-order valence-electron chi connectivity index (χ1n) is 15.5. The van der Waals surface area contributed by atoms with Crippen molar-refractivity contribution in [3.05, 3.63) is 106 Å². The van der Waals surface area contributed by atoms with Crippen LogP contribution in [0.3, 0.4) is 0 Å². The summed E-state index contributed by atoms with van der Waals surface area (Å²) >= 11 is 6.96. The Labute approximate surface area is 301 Å². The smallest absolute Gasteiger partial charge is 0.379 e. The molecule has 0 atom stereocenters. The lowest BCUT2D eigenvalue weighted by molar-refractivity contribution is -0.678. The largest absolute Gasteiger partial charge is 0.748 e. The molecule has 0 unspecified atom stereocenters. The van der Waals surface area contributed by atoms with Gasteiger partial charge in [0.15, 0.2) is 12.3 Å². The maximum absolute atomic E-state index is 11.4. The summed E-state index contributed by atoms with van der Waals surface area (Å²) in [5, 5.41) is 0. The molecule has 1 aromatic heterocycles. The van der Waals surface area contributed by atoms with Crippen LogP contribution in [0.2, 0.25) is 0 Å². The van der Waals surface area contributed by atoms with Gasteiger partial charge in [0, 0.05) is 33.7 Å². The zero-order valence-electron chi connectivity index (χ0n) is 26.1. The van der Waals surface area contributed by atoms with E-state index in [2.05, 4.69) is 31.9 Å². The van der Waals surface area contributed by atoms with Gasteiger partial charge in [-0.25, -0.2) is 8.42 Å². The number of aryl methyl sites for hydroxylation is 1. The summed E-state index contributed by atoms with van der Waals surface area (Å²) in [6.45, 7) is 0.772. The second-order valence-electron chi connectivity index (χ2n) is 11.7. The average molecular weight is 833 g/mol. The van der Waals surface area contributed by atoms with Crippen LogP contribution in [0.25, 0.3) is 39.4 Å². The Hall–Kier alpha value is -3.53. The van der Waals surface area contributed by atoms with E-state index in [9.17, 15) is 25.9 Å². The molecule has 49 heavy (non-hydrogen) atoms. The third-order valence-electron chi connectivity index (χ3n) is 8.12. The van der Waals surface area contributed by atoms with E-state index in [-0.39, 0.29) is 18.6 Å². The van der Waals surface area contributed by atoms with Gasteiger partial charge in [0.1, 0.15) is 6.08 Å². The van der Waals surface area contributed by atoms with E-state index in [0.29, 0.717) is 49.0 Å². The molecule has 0 aliphatic carbocycles. The third-order valence-corrected chi connectivity index (χ3v) is 10.8. The molecule has 1 aliphatic rings. The molecule has 5 aromatic rings. The molecule has 14 heteroatoms. The van der Waals surface area contributed by atoms with E-state index in [0.717, 1.165) is 42.4 Å². The van der Waals surface area contributed by atoms with E-state index < -0.39 is 26.0 Å². The molecule has 10 nitrogen and oxygen atoms in total. The first-order valence-corrected chi connectivity index (χ1v) is 20.3. The van der Waals surface area contributed by atoms with Crippen molar-refractivity contribution in [3.63, 3.8) is 0 Å². The lowest BCUT2D eigenvalue weighted by Gasteiger charge is -2.18. The predicted molar refractivity (Wildman–Crippen MR) is 195 cm³/mol. The zero-order valence-corrected chi connectivity index (χ0v) is 30.9. The highest BCUT2D eigenvalue weighted by molar-refractivity contribution is 9.10. The highest BCUT2D eigenvalue weighted by Gasteiger charge is 2.30. The number of ether oxygens (including phenoxy) is 1. The average Bonchev–Trinajstić information content (AvgIpc) is 3.57. The van der Waals surface area contributed by atoms with E-state index in [1.54, 1.807) is 6.08 Å². The molecule has 0 fully saturated rings. The van der Waals surface area contributed by atoms with Crippen LogP contribution in [0.5, 0.6) is 5.75 Å². The van der Waals surface area contributed by atoms with Crippen LogP contribution in [-0.2, 0) is 26.8 Å². The minimum atomic E-state index is -4.35. The van der Waals surface area contributed by atoms with Crippen molar-refractivity contribution < 1.29 is 39.7 Å². The third kappa shape index (κ3) is 8.99. The molecule has 0 spiro atoms. The number of rotatable bonds is 13. The minimum Gasteiger partial charge on any atom is -0.748 e. The summed E-state index contributed by atoms with van der Waals surface area (Å²) in [5.41, 5.74) is 6.12. The Kier molecular flexibility index (Phi) is 10.6. The van der Waals surface area contributed by atoms with Gasteiger partial charge in [0.25, 0.3) is 15.6 Å². The fraction of sp³-hybridized carbons (Fsp3) is 0.229. The van der Waals surface area contributed by atoms with E-state index in [1.807, 2.05) is 94.4 Å². The molecule has 0 radical (unpaired) electrons. The van der Waals surface area contributed by atoms with Gasteiger partial charge in [0.05, 0.1) is 21.6 Å². The summed E-state index contributed by atoms with van der Waals surface area (Å²) in [6, 6.07) is 27.6. The molecule has 0 saturated carbocycles. The summed E-state index contributed by atoms with van der Waals surface area (Å²) in [6.07, 6.45) is 3.07. The Bertz CT molecular complexity index is 2240. The van der Waals surface area contributed by atoms with Crippen LogP contribution in [-0.4, -0.2) is 44.0 Å². The molecule has 4 aromatic carbocycles. The lowest BCUT2D eigenvalue weighted by Crippen LogP contribution is -2.36. The van der Waals surface area contributed by atoms with Gasteiger partial charge in [0.2, 0.25) is 11.5 Å². The number of unbranched alkanes of at least 4 members (excludes halogenated alkanes) is 2. The molecule has 1 aliphatic heterocycles. The first kappa shape index (κ1) is 35.3. The molecule has 6 rings (SSSR count). The van der Waals surface area contributed by atoms with Gasteiger partial charge in [-0.2, -0.15) is 13.0 Å². The maximum atomic E-state index is 11.4. The number of oxazole rings is 1. The monoisotopic (exact) mass is 830 g/mol. The molecule has 2 heterocycles. The van der Waals surface area contributed by atoms with Crippen LogP contribution >= 0.6 is 31.9 Å². The fourth-order valence-corrected chi connectivity index (χ4v) is 7.39. The van der Waals surface area contributed by atoms with Crippen molar-refractivity contribution >= 4 is 75.0 Å². The van der Waals surface area contributed by atoms with Crippen molar-refractivity contribution in [1.82, 2.24) is 0 Å². The molecular weight excluding hydrogens is 800 g/mol. The standard InChI is InChI=1S/C35H32Br2N2O8S2/c36-28-11-5-24(6-12-28)26-9-15-32-30(21-26)38(17-1-3-19-48(40,41)42)34(46-32)23-35-39(18-2-4-20-49(43,44)45)31-22-27(10-16-33(31)47-35)25-7-13-29(37)14-8-25/h5-16,21-23H,1-4,17-20H2,(H-,40,41,42,43,44,45). The number of aromatic nitrogens is 1. The number of hydrogen-bond acceptors (Lipinski definition) is 8. The maximum Gasteiger partial charge on any atom is 0.379 e. The van der Waals surface area contributed by atoms with Gasteiger partial charge in [-0.1, -0.05) is 68.3 Å². The topological polar surface area (TPSA) is 141 Å². The van der Waals surface area contributed by atoms with Gasteiger partial charge in [-0.3, -0.25) is 4.55 Å². The van der Waals surface area contributed by atoms with Crippen LogP contribution < -0.4 is 14.2 Å². The van der Waals surface area contributed by atoms with Crippen molar-refractivity contribution in [2.45, 2.75) is 32.2 Å². The molecule has 0 bridgehead atoms. The number of nitrogens with zero attached hydrogens (tertiary/aromatic N) is 2. The lowest BCUT2D eigenvalue weighted by atomic mass is 10.0. The van der Waals surface area contributed by atoms with Gasteiger partial charge >= 0.3 is 5.89 Å². The number of benzene rings is 4. The Morgan fingerprint density at radius 1 is 0.755 bits per heavy atom. The highest BCUT2D eigenvalue weighted by atomic mass is 79.9. The number of halogens is 2. The number of anilines is 1. The van der Waals surface area contributed by atoms with Crippen LogP contribution in [0.4, 0.5) is 5.69 Å². The van der Waals surface area contributed by atoms with E-state index in [4.69, 9.17) is 9.15 Å². The van der Waals surface area contributed by atoms with Crippen molar-refractivity contribution in [2.75, 3.05) is 23.0 Å². The predicted octanol–water partition coefficient (Wildman–Crippen LogP) is 7.77. The van der Waals surface area contributed by atoms with Crippen LogP contribution in [0.1, 0.15) is 31.6 Å². The highest BCUT2D eigenvalue weighted by Crippen LogP contribution is 2.42. The van der Waals surface area contributed by atoms with Crippen LogP contribution in [0.15, 0.2) is 104 Å². The fourth-order valence-electron chi connectivity index (χ4n) is 5.73. The Balaban J connectivity index is 1.39. The first-order chi connectivity index (χ1) is 23.3. The SMILES string of the molecule is O=S(=O)([O-])CCCCN1C(=Cc2oc3ccc(-c4ccc(Br)cc4)cc3[n+]2CCCCS(=O)(=O)O)Oc2ccc(-c3ccc(Br)cc3)cc21. The molecule has 256 valence electrons. The molecular formula is C35H32Br2N2O8S2. The second kappa shape index (κ2) is 14.8. The molecule has 0 saturated heterocycles. The van der Waals surface area contributed by atoms with Crippen LogP contribution in [0, 0.1) is 0 Å². The van der Waals surface area contributed by atoms with Crippen molar-refractivity contribution in [3.8, 4) is 28.0 Å². The molecule has 0 amide bonds. The zero-order chi connectivity index (χ0) is 34.8. The Morgan fingerprint density at radius 3 is 1.98 bits per heavy atom. The molecule has 1 N–H and O–H groups in total. The number of hydrogen-bond donors (Lipinski definition) is 1. The van der Waals surface area contributed by atoms with E-state index in [1.165, 1.54) is 0 Å². The van der Waals surface area contributed by atoms with Gasteiger partial charge in [-0.05, 0) is 84.0 Å². The summed E-state index contributed by atoms with van der Waals surface area (Å²) in [4.78, 5) is 1.94. The minimum absolute atomic E-state index is 0.189. The second-order valence-corrected chi connectivity index (χ2v) is 16.6. The quantitative estimate of drug-likeness (QED) is 0.0716. The van der Waals surface area contributed by atoms with E-state index >= 15 is 0 Å².